The molecule has 0 aromatic heterocycles. The average molecular weight is 341 g/mol. The van der Waals surface area contributed by atoms with Gasteiger partial charge in [0.05, 0.1) is 12.2 Å². The predicted octanol–water partition coefficient (Wildman–Crippen LogP) is 4.94. The fourth-order valence-corrected chi connectivity index (χ4v) is 6.14. The van der Waals surface area contributed by atoms with Crippen molar-refractivity contribution in [1.29, 1.82) is 0 Å². The first kappa shape index (κ1) is 19.3. The van der Waals surface area contributed by atoms with Crippen molar-refractivity contribution >= 4 is 11.8 Å². The molecule has 134 valence electrons. The number of fused-ring (bicyclic) bond motifs is 1. The van der Waals surface area contributed by atoms with Crippen molar-refractivity contribution in [3.8, 4) is 0 Å². The summed E-state index contributed by atoms with van der Waals surface area (Å²) in [6.45, 7) is 4.45. The Kier molecular flexibility index (Phi) is 8.49. The molecule has 3 heteroatoms. The molecule has 1 aliphatic heterocycles. The van der Waals surface area contributed by atoms with Gasteiger partial charge in [0.15, 0.2) is 0 Å². The highest BCUT2D eigenvalue weighted by Gasteiger charge is 2.47. The summed E-state index contributed by atoms with van der Waals surface area (Å²) >= 11 is 2.13. The summed E-state index contributed by atoms with van der Waals surface area (Å²) in [7, 11) is 0. The Hall–Kier alpha value is 0.0100. The van der Waals surface area contributed by atoms with Crippen molar-refractivity contribution in [2.45, 2.75) is 101 Å². The summed E-state index contributed by atoms with van der Waals surface area (Å²) in [5.74, 6) is 0.894. The fourth-order valence-electron chi connectivity index (χ4n) is 4.21. The molecular formula is C20H36O2S. The molecule has 2 rings (SSSR count). The molecule has 2 fully saturated rings. The quantitative estimate of drug-likeness (QED) is 0.437. The maximum Gasteiger partial charge on any atom is 0.0721 e. The van der Waals surface area contributed by atoms with Gasteiger partial charge < -0.3 is 10.2 Å². The smallest absolute Gasteiger partial charge is 0.0721 e. The second kappa shape index (κ2) is 10.1. The maximum atomic E-state index is 10.4. The summed E-state index contributed by atoms with van der Waals surface area (Å²) in [5, 5.41) is 21.9. The van der Waals surface area contributed by atoms with E-state index in [2.05, 4.69) is 31.7 Å². The minimum absolute atomic E-state index is 0.201. The third kappa shape index (κ3) is 5.79. The molecule has 1 aliphatic carbocycles. The van der Waals surface area contributed by atoms with Crippen molar-refractivity contribution in [1.82, 2.24) is 0 Å². The molecule has 2 nitrogen and oxygen atoms in total. The van der Waals surface area contributed by atoms with Crippen LogP contribution >= 0.6 is 11.8 Å². The summed E-state index contributed by atoms with van der Waals surface area (Å²) in [6.07, 6.45) is 15.5. The zero-order chi connectivity index (χ0) is 16.7. The van der Waals surface area contributed by atoms with E-state index in [1.807, 2.05) is 6.08 Å². The van der Waals surface area contributed by atoms with Crippen LogP contribution in [0.25, 0.3) is 0 Å². The topological polar surface area (TPSA) is 40.5 Å². The molecule has 0 bridgehead atoms. The van der Waals surface area contributed by atoms with Crippen molar-refractivity contribution in [2.24, 2.45) is 11.8 Å². The standard InChI is InChI=1S/C20H36O2S/c1-3-5-7-9-15(21)11-12-17-18-13-16(10-8-6-4-2)23-20(18)14-19(17)22/h11-12,15-22H,3-10,13-14H2,1-2H3/t15-,16?,17+,18+,19+,20+/m0/s1. The lowest BCUT2D eigenvalue weighted by molar-refractivity contribution is 0.138. The highest BCUT2D eigenvalue weighted by atomic mass is 32.2. The van der Waals surface area contributed by atoms with Crippen LogP contribution in [0.15, 0.2) is 12.2 Å². The Bertz CT molecular complexity index is 358. The minimum atomic E-state index is -0.331. The number of thioether (sulfide) groups is 1. The van der Waals surface area contributed by atoms with Crippen molar-refractivity contribution in [2.75, 3.05) is 0 Å². The molecule has 0 spiro atoms. The van der Waals surface area contributed by atoms with Crippen LogP contribution in [0.3, 0.4) is 0 Å². The zero-order valence-corrected chi connectivity index (χ0v) is 15.8. The van der Waals surface area contributed by atoms with E-state index in [-0.39, 0.29) is 18.1 Å². The van der Waals surface area contributed by atoms with E-state index in [0.717, 1.165) is 24.5 Å². The van der Waals surface area contributed by atoms with Gasteiger partial charge in [0.2, 0.25) is 0 Å². The monoisotopic (exact) mass is 340 g/mol. The Morgan fingerprint density at radius 1 is 1.09 bits per heavy atom. The molecule has 1 saturated heterocycles. The van der Waals surface area contributed by atoms with Crippen molar-refractivity contribution in [3.05, 3.63) is 12.2 Å². The highest BCUT2D eigenvalue weighted by molar-refractivity contribution is 8.00. The molecule has 0 aromatic rings. The van der Waals surface area contributed by atoms with E-state index in [9.17, 15) is 10.2 Å². The normalized spacial score (nSPS) is 35.0. The molecule has 0 amide bonds. The number of aliphatic hydroxyl groups is 2. The van der Waals surface area contributed by atoms with E-state index in [1.165, 1.54) is 44.9 Å². The lowest BCUT2D eigenvalue weighted by Crippen LogP contribution is -2.19. The summed E-state index contributed by atoms with van der Waals surface area (Å²) in [5.41, 5.74) is 0. The first-order chi connectivity index (χ1) is 11.2. The lowest BCUT2D eigenvalue weighted by atomic mass is 9.89. The van der Waals surface area contributed by atoms with Gasteiger partial charge in [-0.2, -0.15) is 11.8 Å². The molecule has 0 aromatic carbocycles. The van der Waals surface area contributed by atoms with Gasteiger partial charge in [0.25, 0.3) is 0 Å². The molecule has 0 radical (unpaired) electrons. The fraction of sp³-hybridized carbons (Fsp3) is 0.900. The van der Waals surface area contributed by atoms with E-state index in [1.54, 1.807) is 0 Å². The van der Waals surface area contributed by atoms with Crippen LogP contribution in [0.1, 0.15) is 78.1 Å². The second-order valence-corrected chi connectivity index (χ2v) is 9.06. The van der Waals surface area contributed by atoms with Gasteiger partial charge in [0.1, 0.15) is 0 Å². The highest BCUT2D eigenvalue weighted by Crippen LogP contribution is 2.52. The summed E-state index contributed by atoms with van der Waals surface area (Å²) < 4.78 is 0. The number of rotatable bonds is 10. The SMILES string of the molecule is CCCCCC1C[C@@H]2[C@@H](C=C[C@@H](O)CCCCC)[C@H](O)C[C@H]2S1. The number of hydrogen-bond donors (Lipinski definition) is 2. The second-order valence-electron chi connectivity index (χ2n) is 7.52. The third-order valence-electron chi connectivity index (χ3n) is 5.58. The Morgan fingerprint density at radius 2 is 1.83 bits per heavy atom. The summed E-state index contributed by atoms with van der Waals surface area (Å²) in [4.78, 5) is 0. The molecule has 2 N–H and O–H groups in total. The van der Waals surface area contributed by atoms with Crippen LogP contribution < -0.4 is 0 Å². The molecule has 2 aliphatic rings. The van der Waals surface area contributed by atoms with Gasteiger partial charge in [-0.15, -0.1) is 0 Å². The van der Waals surface area contributed by atoms with E-state index in [0.29, 0.717) is 11.2 Å². The third-order valence-corrected chi connectivity index (χ3v) is 7.29. The van der Waals surface area contributed by atoms with E-state index < -0.39 is 0 Å². The van der Waals surface area contributed by atoms with Gasteiger partial charge in [-0.1, -0.05) is 64.5 Å². The van der Waals surface area contributed by atoms with Crippen LogP contribution in [0.5, 0.6) is 0 Å². The average Bonchev–Trinajstić information content (AvgIpc) is 3.02. The van der Waals surface area contributed by atoms with Gasteiger partial charge in [0, 0.05) is 16.4 Å². The molecular weight excluding hydrogens is 304 g/mol. The molecule has 23 heavy (non-hydrogen) atoms. The van der Waals surface area contributed by atoms with E-state index in [4.69, 9.17) is 0 Å². The molecule has 1 saturated carbocycles. The van der Waals surface area contributed by atoms with Crippen LogP contribution in [-0.4, -0.2) is 32.9 Å². The van der Waals surface area contributed by atoms with Crippen molar-refractivity contribution in [3.63, 3.8) is 0 Å². The maximum absolute atomic E-state index is 10.4. The Morgan fingerprint density at radius 3 is 2.57 bits per heavy atom. The van der Waals surface area contributed by atoms with Gasteiger partial charge in [-0.25, -0.2) is 0 Å². The van der Waals surface area contributed by atoms with Crippen molar-refractivity contribution < 1.29 is 10.2 Å². The predicted molar refractivity (Wildman–Crippen MR) is 101 cm³/mol. The Balaban J connectivity index is 1.80. The van der Waals surface area contributed by atoms with Crippen LogP contribution in [0, 0.1) is 11.8 Å². The zero-order valence-electron chi connectivity index (χ0n) is 15.0. The van der Waals surface area contributed by atoms with Gasteiger partial charge in [-0.3, -0.25) is 0 Å². The van der Waals surface area contributed by atoms with Crippen LogP contribution in [-0.2, 0) is 0 Å². The minimum Gasteiger partial charge on any atom is -0.392 e. The number of aliphatic hydroxyl groups excluding tert-OH is 2. The first-order valence-electron chi connectivity index (χ1n) is 9.85. The van der Waals surface area contributed by atoms with E-state index >= 15 is 0 Å². The van der Waals surface area contributed by atoms with Gasteiger partial charge >= 0.3 is 0 Å². The van der Waals surface area contributed by atoms with Crippen LogP contribution in [0.2, 0.25) is 0 Å². The number of unbranched alkanes of at least 4 members (excludes halogenated alkanes) is 4. The molecule has 1 unspecified atom stereocenters. The first-order valence-corrected chi connectivity index (χ1v) is 10.8. The molecule has 1 heterocycles. The van der Waals surface area contributed by atoms with Gasteiger partial charge in [-0.05, 0) is 31.6 Å². The molecule has 6 atom stereocenters. The Labute approximate surface area is 147 Å². The van der Waals surface area contributed by atoms with Crippen LogP contribution in [0.4, 0.5) is 0 Å². The lowest BCUT2D eigenvalue weighted by Gasteiger charge is -2.18. The summed E-state index contributed by atoms with van der Waals surface area (Å²) in [6, 6.07) is 0. The largest absolute Gasteiger partial charge is 0.392 e. The number of hydrogen-bond acceptors (Lipinski definition) is 3.